The lowest BCUT2D eigenvalue weighted by atomic mass is 9.87. The van der Waals surface area contributed by atoms with E-state index in [2.05, 4.69) is 65.6 Å². The van der Waals surface area contributed by atoms with Crippen molar-refractivity contribution < 1.29 is 0 Å². The fraction of sp³-hybridized carbons (Fsp3) is 0.375. The Morgan fingerprint density at radius 3 is 2.25 bits per heavy atom. The third-order valence-corrected chi connectivity index (χ3v) is 3.05. The van der Waals surface area contributed by atoms with Crippen molar-refractivity contribution in [3.8, 4) is 0 Å². The van der Waals surface area contributed by atoms with Crippen molar-refractivity contribution in [1.82, 2.24) is 9.97 Å². The van der Waals surface area contributed by atoms with Gasteiger partial charge in [0, 0.05) is 18.3 Å². The number of rotatable bonds is 4. The lowest BCUT2D eigenvalue weighted by Crippen LogP contribution is -2.10. The van der Waals surface area contributed by atoms with E-state index in [0.717, 1.165) is 23.9 Å². The normalized spacial score (nSPS) is 11.2. The molecule has 0 amide bonds. The summed E-state index contributed by atoms with van der Waals surface area (Å²) in [5.41, 5.74) is 2.52. The van der Waals surface area contributed by atoms with E-state index in [1.165, 1.54) is 5.56 Å². The summed E-state index contributed by atoms with van der Waals surface area (Å²) in [5.74, 6) is 1.62. The van der Waals surface area contributed by atoms with Gasteiger partial charge in [-0.3, -0.25) is 0 Å². The van der Waals surface area contributed by atoms with Gasteiger partial charge in [0.05, 0.1) is 0 Å². The molecule has 106 valence electrons. The van der Waals surface area contributed by atoms with Crippen LogP contribution in [0.4, 0.5) is 17.3 Å². The van der Waals surface area contributed by atoms with Gasteiger partial charge < -0.3 is 10.6 Å². The number of anilines is 3. The molecule has 2 N–H and O–H groups in total. The Balaban J connectivity index is 2.12. The first-order chi connectivity index (χ1) is 9.49. The monoisotopic (exact) mass is 270 g/mol. The molecule has 2 aromatic rings. The minimum atomic E-state index is 0.172. The molecule has 1 heterocycles. The topological polar surface area (TPSA) is 49.8 Å². The zero-order chi connectivity index (χ0) is 14.6. The molecule has 20 heavy (non-hydrogen) atoms. The highest BCUT2D eigenvalue weighted by Crippen LogP contribution is 2.24. The van der Waals surface area contributed by atoms with E-state index in [9.17, 15) is 0 Å². The van der Waals surface area contributed by atoms with E-state index < -0.39 is 0 Å². The van der Waals surface area contributed by atoms with Crippen molar-refractivity contribution in [2.45, 2.75) is 33.1 Å². The van der Waals surface area contributed by atoms with Crippen molar-refractivity contribution in [2.75, 3.05) is 17.2 Å². The summed E-state index contributed by atoms with van der Waals surface area (Å²) < 4.78 is 0. The average Bonchev–Trinajstić information content (AvgIpc) is 2.39. The minimum Gasteiger partial charge on any atom is -0.370 e. The first-order valence-corrected chi connectivity index (χ1v) is 6.92. The standard InChI is InChI=1S/C16H22N4/c1-5-17-14-10-15(19-11-18-14)20-13-8-6-12(7-9-13)16(2,3)4/h6-11H,5H2,1-4H3,(H2,17,18,19,20). The summed E-state index contributed by atoms with van der Waals surface area (Å²) in [4.78, 5) is 8.38. The molecule has 0 atom stereocenters. The molecule has 0 bridgehead atoms. The van der Waals surface area contributed by atoms with Gasteiger partial charge in [-0.2, -0.15) is 0 Å². The summed E-state index contributed by atoms with van der Waals surface area (Å²) >= 11 is 0. The zero-order valence-electron chi connectivity index (χ0n) is 12.6. The highest BCUT2D eigenvalue weighted by atomic mass is 15.1. The van der Waals surface area contributed by atoms with Crippen LogP contribution in [0.15, 0.2) is 36.7 Å². The second-order valence-electron chi connectivity index (χ2n) is 5.77. The quantitative estimate of drug-likeness (QED) is 0.883. The molecule has 0 fully saturated rings. The maximum absolute atomic E-state index is 4.23. The summed E-state index contributed by atoms with van der Waals surface area (Å²) in [6, 6.07) is 10.4. The van der Waals surface area contributed by atoms with Crippen molar-refractivity contribution in [3.05, 3.63) is 42.2 Å². The molecule has 1 aromatic carbocycles. The highest BCUT2D eigenvalue weighted by Gasteiger charge is 2.12. The van der Waals surface area contributed by atoms with Gasteiger partial charge in [0.2, 0.25) is 0 Å². The Labute approximate surface area is 120 Å². The Hall–Kier alpha value is -2.10. The number of nitrogens with one attached hydrogen (secondary N) is 2. The number of hydrogen-bond donors (Lipinski definition) is 2. The second-order valence-corrected chi connectivity index (χ2v) is 5.77. The molecule has 2 rings (SSSR count). The summed E-state index contributed by atoms with van der Waals surface area (Å²) in [5, 5.41) is 6.46. The summed E-state index contributed by atoms with van der Waals surface area (Å²) in [6.07, 6.45) is 1.56. The molecular formula is C16H22N4. The molecule has 4 heteroatoms. The molecule has 0 aliphatic rings. The summed E-state index contributed by atoms with van der Waals surface area (Å²) in [6.45, 7) is 9.52. The molecule has 1 aromatic heterocycles. The molecule has 0 saturated carbocycles. The van der Waals surface area contributed by atoms with E-state index in [1.54, 1.807) is 6.33 Å². The van der Waals surface area contributed by atoms with Gasteiger partial charge in [0.25, 0.3) is 0 Å². The maximum atomic E-state index is 4.23. The number of benzene rings is 1. The fourth-order valence-corrected chi connectivity index (χ4v) is 1.90. The van der Waals surface area contributed by atoms with Crippen LogP contribution in [0.25, 0.3) is 0 Å². The highest BCUT2D eigenvalue weighted by molar-refractivity contribution is 5.59. The van der Waals surface area contributed by atoms with Gasteiger partial charge in [-0.15, -0.1) is 0 Å². The fourth-order valence-electron chi connectivity index (χ4n) is 1.90. The number of hydrogen-bond acceptors (Lipinski definition) is 4. The van der Waals surface area contributed by atoms with E-state index >= 15 is 0 Å². The Morgan fingerprint density at radius 2 is 1.65 bits per heavy atom. The van der Waals surface area contributed by atoms with Crippen LogP contribution in [-0.2, 0) is 5.41 Å². The number of aromatic nitrogens is 2. The molecule has 4 nitrogen and oxygen atoms in total. The predicted octanol–water partition coefficient (Wildman–Crippen LogP) is 3.95. The Kier molecular flexibility index (Phi) is 4.23. The van der Waals surface area contributed by atoms with Crippen LogP contribution in [0.5, 0.6) is 0 Å². The minimum absolute atomic E-state index is 0.172. The van der Waals surface area contributed by atoms with Gasteiger partial charge in [0.15, 0.2) is 0 Å². The lowest BCUT2D eigenvalue weighted by Gasteiger charge is -2.19. The van der Waals surface area contributed by atoms with Crippen LogP contribution in [0.3, 0.4) is 0 Å². The SMILES string of the molecule is CCNc1cc(Nc2ccc(C(C)(C)C)cc2)ncn1. The zero-order valence-corrected chi connectivity index (χ0v) is 12.6. The van der Waals surface area contributed by atoms with Crippen LogP contribution in [0.2, 0.25) is 0 Å². The van der Waals surface area contributed by atoms with Crippen molar-refractivity contribution >= 4 is 17.3 Å². The molecule has 0 aliphatic heterocycles. The first kappa shape index (κ1) is 14.3. The third kappa shape index (κ3) is 3.70. The predicted molar refractivity (Wildman–Crippen MR) is 84.6 cm³/mol. The van der Waals surface area contributed by atoms with Gasteiger partial charge in [-0.25, -0.2) is 9.97 Å². The first-order valence-electron chi connectivity index (χ1n) is 6.92. The van der Waals surface area contributed by atoms with E-state index in [4.69, 9.17) is 0 Å². The van der Waals surface area contributed by atoms with Gasteiger partial charge in [0.1, 0.15) is 18.0 Å². The maximum Gasteiger partial charge on any atom is 0.135 e. The molecule has 0 spiro atoms. The smallest absolute Gasteiger partial charge is 0.135 e. The van der Waals surface area contributed by atoms with Crippen molar-refractivity contribution in [1.29, 1.82) is 0 Å². The summed E-state index contributed by atoms with van der Waals surface area (Å²) in [7, 11) is 0. The molecule has 0 unspecified atom stereocenters. The van der Waals surface area contributed by atoms with E-state index in [-0.39, 0.29) is 5.41 Å². The number of nitrogens with zero attached hydrogens (tertiary/aromatic N) is 2. The van der Waals surface area contributed by atoms with Gasteiger partial charge >= 0.3 is 0 Å². The molecule has 0 saturated heterocycles. The van der Waals surface area contributed by atoms with Crippen LogP contribution in [0, 0.1) is 0 Å². The van der Waals surface area contributed by atoms with Gasteiger partial charge in [-0.1, -0.05) is 32.9 Å². The average molecular weight is 270 g/mol. The van der Waals surface area contributed by atoms with Crippen molar-refractivity contribution in [2.24, 2.45) is 0 Å². The van der Waals surface area contributed by atoms with Gasteiger partial charge in [-0.05, 0) is 30.0 Å². The Morgan fingerprint density at radius 1 is 1.00 bits per heavy atom. The Bertz CT molecular complexity index is 555. The van der Waals surface area contributed by atoms with Crippen molar-refractivity contribution in [3.63, 3.8) is 0 Å². The second kappa shape index (κ2) is 5.90. The molecule has 0 radical (unpaired) electrons. The van der Waals surface area contributed by atoms with Crippen LogP contribution in [0.1, 0.15) is 33.3 Å². The van der Waals surface area contributed by atoms with Crippen LogP contribution in [-0.4, -0.2) is 16.5 Å². The molecule has 0 aliphatic carbocycles. The van der Waals surface area contributed by atoms with E-state index in [1.807, 2.05) is 13.0 Å². The largest absolute Gasteiger partial charge is 0.370 e. The lowest BCUT2D eigenvalue weighted by molar-refractivity contribution is 0.590. The molecular weight excluding hydrogens is 248 g/mol. The van der Waals surface area contributed by atoms with E-state index in [0.29, 0.717) is 0 Å². The van der Waals surface area contributed by atoms with Crippen LogP contribution >= 0.6 is 0 Å². The van der Waals surface area contributed by atoms with Crippen LogP contribution < -0.4 is 10.6 Å². The third-order valence-electron chi connectivity index (χ3n) is 3.05.